The highest BCUT2D eigenvalue weighted by atomic mass is 16.5. The molecule has 0 aliphatic heterocycles. The average molecular weight is 406 g/mol. The number of ether oxygens (including phenoxy) is 1. The van der Waals surface area contributed by atoms with E-state index in [1.807, 2.05) is 19.2 Å². The van der Waals surface area contributed by atoms with Gasteiger partial charge in [0.25, 0.3) is 0 Å². The molecule has 1 unspecified atom stereocenters. The first-order chi connectivity index (χ1) is 14.0. The predicted molar refractivity (Wildman–Crippen MR) is 125 cm³/mol. The van der Waals surface area contributed by atoms with Crippen molar-refractivity contribution in [2.45, 2.75) is 52.6 Å². The second-order valence-corrected chi connectivity index (χ2v) is 7.79. The van der Waals surface area contributed by atoms with Crippen LogP contribution >= 0.6 is 0 Å². The molecule has 0 saturated heterocycles. The van der Waals surface area contributed by atoms with Crippen molar-refractivity contribution >= 4 is 5.96 Å². The van der Waals surface area contributed by atoms with Gasteiger partial charge in [-0.3, -0.25) is 4.99 Å². The van der Waals surface area contributed by atoms with Crippen LogP contribution < -0.4 is 15.4 Å². The molecule has 1 aromatic rings. The summed E-state index contributed by atoms with van der Waals surface area (Å²) in [6, 6.07) is 8.69. The quantitative estimate of drug-likeness (QED) is 0.283. The van der Waals surface area contributed by atoms with Crippen LogP contribution in [0.1, 0.15) is 45.6 Å². The zero-order valence-electron chi connectivity index (χ0n) is 19.5. The lowest BCUT2D eigenvalue weighted by Crippen LogP contribution is -2.42. The molecule has 166 valence electrons. The molecule has 1 rings (SSSR count). The van der Waals surface area contributed by atoms with Crippen molar-refractivity contribution in [3.63, 3.8) is 0 Å². The Morgan fingerprint density at radius 1 is 1.07 bits per heavy atom. The molecule has 1 aromatic carbocycles. The van der Waals surface area contributed by atoms with Crippen molar-refractivity contribution in [3.05, 3.63) is 29.8 Å². The van der Waals surface area contributed by atoms with E-state index in [-0.39, 0.29) is 0 Å². The number of nitrogens with zero attached hydrogens (tertiary/aromatic N) is 3. The Morgan fingerprint density at radius 2 is 1.76 bits per heavy atom. The van der Waals surface area contributed by atoms with Crippen molar-refractivity contribution in [2.75, 3.05) is 53.9 Å². The largest absolute Gasteiger partial charge is 0.494 e. The Bertz CT molecular complexity index is 555. The molecule has 0 saturated carbocycles. The standard InChI is InChI=1S/C23H43N5O/c1-7-28(8-2)17-9-11-20(3)26-23(24-4)25-19-21-12-14-22(15-13-21)29-18-10-16-27(5)6/h12-15,20H,7-11,16-19H2,1-6H3,(H2,24,25,26). The first kappa shape index (κ1) is 25.2. The molecule has 0 aliphatic carbocycles. The van der Waals surface area contributed by atoms with Gasteiger partial charge in [-0.25, -0.2) is 0 Å². The number of hydrogen-bond donors (Lipinski definition) is 2. The van der Waals surface area contributed by atoms with Gasteiger partial charge in [-0.05, 0) is 77.6 Å². The lowest BCUT2D eigenvalue weighted by Gasteiger charge is -2.21. The highest BCUT2D eigenvalue weighted by Gasteiger charge is 2.07. The fourth-order valence-electron chi connectivity index (χ4n) is 3.12. The lowest BCUT2D eigenvalue weighted by atomic mass is 10.2. The van der Waals surface area contributed by atoms with Gasteiger partial charge in [0.05, 0.1) is 6.61 Å². The smallest absolute Gasteiger partial charge is 0.191 e. The number of hydrogen-bond acceptors (Lipinski definition) is 4. The van der Waals surface area contributed by atoms with Crippen LogP contribution in [0.25, 0.3) is 0 Å². The van der Waals surface area contributed by atoms with Crippen LogP contribution in [0.4, 0.5) is 0 Å². The molecule has 2 N–H and O–H groups in total. The van der Waals surface area contributed by atoms with Gasteiger partial charge in [-0.2, -0.15) is 0 Å². The molecule has 6 nitrogen and oxygen atoms in total. The summed E-state index contributed by atoms with van der Waals surface area (Å²) in [6.45, 7) is 12.6. The van der Waals surface area contributed by atoms with E-state index >= 15 is 0 Å². The van der Waals surface area contributed by atoms with Gasteiger partial charge in [0.1, 0.15) is 5.75 Å². The van der Waals surface area contributed by atoms with Crippen LogP contribution in [0.2, 0.25) is 0 Å². The van der Waals surface area contributed by atoms with Crippen LogP contribution in [-0.4, -0.2) is 75.7 Å². The van der Waals surface area contributed by atoms with Gasteiger partial charge in [0.2, 0.25) is 0 Å². The Hall–Kier alpha value is -1.79. The Morgan fingerprint density at radius 3 is 2.34 bits per heavy atom. The van der Waals surface area contributed by atoms with Crippen LogP contribution in [0.5, 0.6) is 5.75 Å². The van der Waals surface area contributed by atoms with Crippen molar-refractivity contribution in [1.29, 1.82) is 0 Å². The maximum atomic E-state index is 5.79. The van der Waals surface area contributed by atoms with E-state index < -0.39 is 0 Å². The van der Waals surface area contributed by atoms with Crippen LogP contribution in [-0.2, 0) is 6.54 Å². The molecule has 6 heteroatoms. The molecule has 0 fully saturated rings. The summed E-state index contributed by atoms with van der Waals surface area (Å²) in [7, 11) is 5.98. The summed E-state index contributed by atoms with van der Waals surface area (Å²) in [4.78, 5) is 8.99. The third-order valence-electron chi connectivity index (χ3n) is 5.01. The molecule has 0 aromatic heterocycles. The van der Waals surface area contributed by atoms with Gasteiger partial charge < -0.3 is 25.2 Å². The summed E-state index contributed by atoms with van der Waals surface area (Å²) < 4.78 is 5.79. The predicted octanol–water partition coefficient (Wildman–Crippen LogP) is 3.19. The first-order valence-corrected chi connectivity index (χ1v) is 11.0. The highest BCUT2D eigenvalue weighted by molar-refractivity contribution is 5.79. The zero-order chi connectivity index (χ0) is 21.5. The van der Waals surface area contributed by atoms with E-state index in [1.54, 1.807) is 0 Å². The summed E-state index contributed by atoms with van der Waals surface area (Å²) in [5, 5.41) is 6.90. The zero-order valence-corrected chi connectivity index (χ0v) is 19.5. The molecule has 1 atom stereocenters. The van der Waals surface area contributed by atoms with Crippen LogP contribution in [0, 0.1) is 0 Å². The lowest BCUT2D eigenvalue weighted by molar-refractivity contribution is 0.281. The maximum absolute atomic E-state index is 5.79. The summed E-state index contributed by atoms with van der Waals surface area (Å²) in [5.74, 6) is 1.78. The van der Waals surface area contributed by atoms with Crippen molar-refractivity contribution in [1.82, 2.24) is 20.4 Å². The van der Waals surface area contributed by atoms with Gasteiger partial charge in [-0.15, -0.1) is 0 Å². The number of guanidine groups is 1. The fraction of sp³-hybridized carbons (Fsp3) is 0.696. The third-order valence-corrected chi connectivity index (χ3v) is 5.01. The molecular formula is C23H43N5O. The van der Waals surface area contributed by atoms with Gasteiger partial charge >= 0.3 is 0 Å². The van der Waals surface area contributed by atoms with E-state index in [9.17, 15) is 0 Å². The normalized spacial score (nSPS) is 13.0. The number of rotatable bonds is 14. The molecule has 0 bridgehead atoms. The Kier molecular flexibility index (Phi) is 13.1. The topological polar surface area (TPSA) is 52.1 Å². The van der Waals surface area contributed by atoms with Crippen molar-refractivity contribution in [2.24, 2.45) is 4.99 Å². The summed E-state index contributed by atoms with van der Waals surface area (Å²) in [5.41, 5.74) is 1.21. The first-order valence-electron chi connectivity index (χ1n) is 11.0. The summed E-state index contributed by atoms with van der Waals surface area (Å²) >= 11 is 0. The second kappa shape index (κ2) is 15.1. The molecule has 0 aliphatic rings. The fourth-order valence-corrected chi connectivity index (χ4v) is 3.12. The van der Waals surface area contributed by atoms with Crippen LogP contribution in [0.3, 0.4) is 0 Å². The molecule has 0 radical (unpaired) electrons. The second-order valence-electron chi connectivity index (χ2n) is 7.79. The van der Waals surface area contributed by atoms with E-state index in [4.69, 9.17) is 4.74 Å². The minimum absolute atomic E-state index is 0.398. The SMILES string of the molecule is CCN(CC)CCCC(C)NC(=NC)NCc1ccc(OCCCN(C)C)cc1. The number of benzene rings is 1. The van der Waals surface area contributed by atoms with Crippen molar-refractivity contribution < 1.29 is 4.74 Å². The molecule has 0 heterocycles. The Balaban J connectivity index is 2.31. The molecule has 29 heavy (non-hydrogen) atoms. The van der Waals surface area contributed by atoms with E-state index in [0.29, 0.717) is 6.04 Å². The average Bonchev–Trinajstić information content (AvgIpc) is 2.72. The van der Waals surface area contributed by atoms with E-state index in [1.165, 1.54) is 12.0 Å². The van der Waals surface area contributed by atoms with Gasteiger partial charge in [-0.1, -0.05) is 26.0 Å². The molecule has 0 amide bonds. The van der Waals surface area contributed by atoms with Crippen molar-refractivity contribution in [3.8, 4) is 5.75 Å². The summed E-state index contributed by atoms with van der Waals surface area (Å²) in [6.07, 6.45) is 3.37. The van der Waals surface area contributed by atoms with E-state index in [0.717, 1.165) is 63.9 Å². The third kappa shape index (κ3) is 11.7. The maximum Gasteiger partial charge on any atom is 0.191 e. The van der Waals surface area contributed by atoms with Crippen LogP contribution in [0.15, 0.2) is 29.3 Å². The minimum Gasteiger partial charge on any atom is -0.494 e. The monoisotopic (exact) mass is 405 g/mol. The minimum atomic E-state index is 0.398. The Labute approximate surface area is 178 Å². The molecular weight excluding hydrogens is 362 g/mol. The number of aliphatic imine (C=N–C) groups is 1. The van der Waals surface area contributed by atoms with Gasteiger partial charge in [0, 0.05) is 26.2 Å². The highest BCUT2D eigenvalue weighted by Crippen LogP contribution is 2.12. The van der Waals surface area contributed by atoms with Gasteiger partial charge in [0.15, 0.2) is 5.96 Å². The molecule has 0 spiro atoms. The van der Waals surface area contributed by atoms with E-state index in [2.05, 4.69) is 72.4 Å². The number of nitrogens with one attached hydrogen (secondary N) is 2.